The number of nitrogens with one attached hydrogen (secondary N) is 1. The Bertz CT molecular complexity index is 439. The van der Waals surface area contributed by atoms with Crippen molar-refractivity contribution in [2.24, 2.45) is 0 Å². The molecule has 1 rings (SSSR count). The van der Waals surface area contributed by atoms with Crippen molar-refractivity contribution >= 4 is 5.91 Å². The van der Waals surface area contributed by atoms with Crippen LogP contribution in [-0.4, -0.2) is 42.1 Å². The van der Waals surface area contributed by atoms with E-state index in [-0.39, 0.29) is 17.2 Å². The van der Waals surface area contributed by atoms with Crippen LogP contribution in [0.2, 0.25) is 0 Å². The third-order valence-corrected chi connectivity index (χ3v) is 3.29. The van der Waals surface area contributed by atoms with Gasteiger partial charge in [-0.1, -0.05) is 6.07 Å². The molecule has 0 aliphatic heterocycles. The van der Waals surface area contributed by atoms with Crippen molar-refractivity contribution in [2.45, 2.75) is 26.3 Å². The molecule has 4 heteroatoms. The van der Waals surface area contributed by atoms with Crippen LogP contribution in [0.5, 0.6) is 5.75 Å². The zero-order valence-electron chi connectivity index (χ0n) is 11.7. The molecule has 0 fully saturated rings. The summed E-state index contributed by atoms with van der Waals surface area (Å²) in [5.41, 5.74) is 1.11. The molecule has 0 spiro atoms. The summed E-state index contributed by atoms with van der Waals surface area (Å²) < 4.78 is 0. The molecule has 0 unspecified atom stereocenters. The lowest BCUT2D eigenvalue weighted by Crippen LogP contribution is -2.48. The zero-order chi connectivity index (χ0) is 13.9. The number of phenolic OH excluding ortho intramolecular Hbond substituents is 1. The summed E-state index contributed by atoms with van der Waals surface area (Å²) in [4.78, 5) is 14.0. The van der Waals surface area contributed by atoms with Crippen molar-refractivity contribution in [1.29, 1.82) is 0 Å². The van der Waals surface area contributed by atoms with Crippen LogP contribution in [0.4, 0.5) is 0 Å². The Kier molecular flexibility index (Phi) is 4.35. The fourth-order valence-corrected chi connectivity index (χ4v) is 1.38. The van der Waals surface area contributed by atoms with Crippen molar-refractivity contribution in [3.63, 3.8) is 0 Å². The molecule has 0 aliphatic carbocycles. The van der Waals surface area contributed by atoms with E-state index in [0.717, 1.165) is 5.56 Å². The van der Waals surface area contributed by atoms with Gasteiger partial charge in [0.05, 0.1) is 5.56 Å². The smallest absolute Gasteiger partial charge is 0.255 e. The van der Waals surface area contributed by atoms with Gasteiger partial charge in [-0.05, 0) is 52.6 Å². The lowest BCUT2D eigenvalue weighted by Gasteiger charge is -2.32. The van der Waals surface area contributed by atoms with Gasteiger partial charge in [-0.25, -0.2) is 0 Å². The molecule has 0 saturated carbocycles. The number of carbonyl (C=O) groups excluding carboxylic acids is 1. The first-order valence-electron chi connectivity index (χ1n) is 5.99. The van der Waals surface area contributed by atoms with Gasteiger partial charge in [0.25, 0.3) is 5.91 Å². The van der Waals surface area contributed by atoms with Gasteiger partial charge in [0, 0.05) is 12.1 Å². The molecular weight excluding hydrogens is 228 g/mol. The highest BCUT2D eigenvalue weighted by Crippen LogP contribution is 2.18. The quantitative estimate of drug-likeness (QED) is 0.856. The van der Waals surface area contributed by atoms with E-state index in [2.05, 4.69) is 5.32 Å². The summed E-state index contributed by atoms with van der Waals surface area (Å²) in [6.45, 7) is 6.48. The Morgan fingerprint density at radius 1 is 1.39 bits per heavy atom. The first kappa shape index (κ1) is 14.5. The number of rotatable bonds is 4. The Morgan fingerprint density at radius 2 is 2.00 bits per heavy atom. The largest absolute Gasteiger partial charge is 0.507 e. The molecule has 1 aromatic carbocycles. The molecule has 18 heavy (non-hydrogen) atoms. The maximum absolute atomic E-state index is 12.0. The van der Waals surface area contributed by atoms with Gasteiger partial charge >= 0.3 is 0 Å². The average Bonchev–Trinajstić information content (AvgIpc) is 2.25. The SMILES string of the molecule is Cc1ccc(C(=O)NCC(C)(C)N(C)C)c(O)c1. The molecule has 0 aliphatic rings. The summed E-state index contributed by atoms with van der Waals surface area (Å²) in [5, 5.41) is 12.6. The van der Waals surface area contributed by atoms with Crippen LogP contribution in [0.3, 0.4) is 0 Å². The predicted molar refractivity (Wildman–Crippen MR) is 72.9 cm³/mol. The van der Waals surface area contributed by atoms with Crippen LogP contribution < -0.4 is 5.32 Å². The van der Waals surface area contributed by atoms with E-state index in [0.29, 0.717) is 12.1 Å². The highest BCUT2D eigenvalue weighted by molar-refractivity contribution is 5.96. The number of amides is 1. The molecule has 1 aromatic rings. The molecule has 2 N–H and O–H groups in total. The van der Waals surface area contributed by atoms with Crippen LogP contribution in [0.1, 0.15) is 29.8 Å². The van der Waals surface area contributed by atoms with Crippen molar-refractivity contribution < 1.29 is 9.90 Å². The topological polar surface area (TPSA) is 52.6 Å². The molecule has 0 heterocycles. The van der Waals surface area contributed by atoms with Gasteiger partial charge in [0.2, 0.25) is 0 Å². The van der Waals surface area contributed by atoms with Crippen LogP contribution in [0.15, 0.2) is 18.2 Å². The number of carbonyl (C=O) groups is 1. The van der Waals surface area contributed by atoms with E-state index in [1.807, 2.05) is 45.8 Å². The van der Waals surface area contributed by atoms with Crippen molar-refractivity contribution in [3.05, 3.63) is 29.3 Å². The lowest BCUT2D eigenvalue weighted by molar-refractivity contribution is 0.0917. The first-order chi connectivity index (χ1) is 8.24. The Labute approximate surface area is 109 Å². The van der Waals surface area contributed by atoms with Gasteiger partial charge in [-0.2, -0.15) is 0 Å². The molecule has 100 valence electrons. The summed E-state index contributed by atoms with van der Waals surface area (Å²) in [6.07, 6.45) is 0. The molecule has 1 amide bonds. The summed E-state index contributed by atoms with van der Waals surface area (Å²) in [5.74, 6) is -0.224. The average molecular weight is 250 g/mol. The van der Waals surface area contributed by atoms with Crippen molar-refractivity contribution in [2.75, 3.05) is 20.6 Å². The number of likely N-dealkylation sites (N-methyl/N-ethyl adjacent to an activating group) is 1. The molecular formula is C14H22N2O2. The molecule has 0 bridgehead atoms. The lowest BCUT2D eigenvalue weighted by atomic mass is 10.0. The predicted octanol–water partition coefficient (Wildman–Crippen LogP) is 1.77. The van der Waals surface area contributed by atoms with Gasteiger partial charge in [0.1, 0.15) is 5.75 Å². The minimum Gasteiger partial charge on any atom is -0.507 e. The highest BCUT2D eigenvalue weighted by Gasteiger charge is 2.22. The van der Waals surface area contributed by atoms with E-state index in [4.69, 9.17) is 0 Å². The fraction of sp³-hybridized carbons (Fsp3) is 0.500. The Balaban J connectivity index is 2.72. The normalized spacial score (nSPS) is 11.7. The summed E-state index contributed by atoms with van der Waals surface area (Å²) >= 11 is 0. The number of phenols is 1. The Morgan fingerprint density at radius 3 is 2.50 bits per heavy atom. The number of benzene rings is 1. The van der Waals surface area contributed by atoms with Gasteiger partial charge in [0.15, 0.2) is 0 Å². The zero-order valence-corrected chi connectivity index (χ0v) is 11.7. The Hall–Kier alpha value is -1.55. The van der Waals surface area contributed by atoms with E-state index in [9.17, 15) is 9.90 Å². The van der Waals surface area contributed by atoms with Crippen LogP contribution in [0, 0.1) is 6.92 Å². The standard InChI is InChI=1S/C14H22N2O2/c1-10-6-7-11(12(17)8-10)13(18)15-9-14(2,3)16(4)5/h6-8,17H,9H2,1-5H3,(H,15,18). The summed E-state index contributed by atoms with van der Waals surface area (Å²) in [7, 11) is 3.94. The molecule has 0 atom stereocenters. The summed E-state index contributed by atoms with van der Waals surface area (Å²) in [6, 6.07) is 5.04. The second kappa shape index (κ2) is 5.40. The molecule has 0 aromatic heterocycles. The molecule has 0 saturated heterocycles. The number of hydrogen-bond donors (Lipinski definition) is 2. The highest BCUT2D eigenvalue weighted by atomic mass is 16.3. The molecule has 0 radical (unpaired) electrons. The van der Waals surface area contributed by atoms with E-state index in [1.165, 1.54) is 0 Å². The number of aryl methyl sites for hydroxylation is 1. The third-order valence-electron chi connectivity index (χ3n) is 3.29. The second-order valence-electron chi connectivity index (χ2n) is 5.41. The fourth-order valence-electron chi connectivity index (χ4n) is 1.38. The van der Waals surface area contributed by atoms with Crippen molar-refractivity contribution in [3.8, 4) is 5.75 Å². The van der Waals surface area contributed by atoms with E-state index >= 15 is 0 Å². The van der Waals surface area contributed by atoms with E-state index < -0.39 is 0 Å². The first-order valence-corrected chi connectivity index (χ1v) is 5.99. The van der Waals surface area contributed by atoms with Gasteiger partial charge < -0.3 is 15.3 Å². The number of hydrogen-bond acceptors (Lipinski definition) is 3. The van der Waals surface area contributed by atoms with E-state index in [1.54, 1.807) is 12.1 Å². The van der Waals surface area contributed by atoms with Gasteiger partial charge in [-0.15, -0.1) is 0 Å². The van der Waals surface area contributed by atoms with Crippen LogP contribution in [0.25, 0.3) is 0 Å². The molecule has 4 nitrogen and oxygen atoms in total. The van der Waals surface area contributed by atoms with Crippen LogP contribution >= 0.6 is 0 Å². The second-order valence-corrected chi connectivity index (χ2v) is 5.41. The monoisotopic (exact) mass is 250 g/mol. The van der Waals surface area contributed by atoms with Gasteiger partial charge in [-0.3, -0.25) is 4.79 Å². The third kappa shape index (κ3) is 3.47. The number of nitrogens with zero attached hydrogens (tertiary/aromatic N) is 1. The number of aromatic hydroxyl groups is 1. The maximum Gasteiger partial charge on any atom is 0.255 e. The maximum atomic E-state index is 12.0. The minimum absolute atomic E-state index is 0.0233. The minimum atomic E-state index is -0.248. The van der Waals surface area contributed by atoms with Crippen molar-refractivity contribution in [1.82, 2.24) is 10.2 Å². The van der Waals surface area contributed by atoms with Crippen LogP contribution in [-0.2, 0) is 0 Å².